The van der Waals surface area contributed by atoms with E-state index in [2.05, 4.69) is 10.6 Å². The molecule has 0 bridgehead atoms. The highest BCUT2D eigenvalue weighted by Gasteiger charge is 2.19. The lowest BCUT2D eigenvalue weighted by molar-refractivity contribution is -0.116. The number of carbonyl (C=O) groups excluding carboxylic acids is 2. The van der Waals surface area contributed by atoms with E-state index in [1.165, 1.54) is 12.1 Å². The fraction of sp³-hybridized carbons (Fsp3) is 0.440. The number of carbonyl (C=O) groups is 2. The van der Waals surface area contributed by atoms with Crippen molar-refractivity contribution in [3.63, 3.8) is 0 Å². The van der Waals surface area contributed by atoms with Crippen molar-refractivity contribution in [2.45, 2.75) is 53.2 Å². The van der Waals surface area contributed by atoms with Crippen LogP contribution in [-0.2, 0) is 17.9 Å². The smallest absolute Gasteiger partial charge is 0.318 e. The van der Waals surface area contributed by atoms with Crippen LogP contribution in [0.5, 0.6) is 0 Å². The Bertz CT molecular complexity index is 911. The molecule has 0 spiro atoms. The lowest BCUT2D eigenvalue weighted by Gasteiger charge is -2.27. The highest BCUT2D eigenvalue weighted by atomic mass is 19.1. The molecule has 3 amide bonds. The number of amides is 3. The van der Waals surface area contributed by atoms with Gasteiger partial charge in [0.1, 0.15) is 5.82 Å². The minimum Gasteiger partial charge on any atom is -0.377 e. The number of nitrogens with one attached hydrogen (secondary N) is 2. The lowest BCUT2D eigenvalue weighted by Crippen LogP contribution is -2.42. The van der Waals surface area contributed by atoms with Crippen molar-refractivity contribution in [3.05, 3.63) is 59.4 Å². The molecule has 0 radical (unpaired) electrons. The third-order valence-electron chi connectivity index (χ3n) is 4.79. The zero-order chi connectivity index (χ0) is 23.8. The quantitative estimate of drug-likeness (QED) is 0.575. The van der Waals surface area contributed by atoms with Gasteiger partial charge in [-0.15, -0.1) is 0 Å². The second kappa shape index (κ2) is 11.5. The van der Waals surface area contributed by atoms with Gasteiger partial charge in [0.05, 0.1) is 0 Å². The van der Waals surface area contributed by atoms with Gasteiger partial charge in [-0.3, -0.25) is 4.79 Å². The van der Waals surface area contributed by atoms with Gasteiger partial charge in [0.25, 0.3) is 0 Å². The average molecular weight is 443 g/mol. The van der Waals surface area contributed by atoms with Crippen LogP contribution in [0.3, 0.4) is 0 Å². The molecule has 0 fully saturated rings. The van der Waals surface area contributed by atoms with Crippen LogP contribution in [0.2, 0.25) is 0 Å². The summed E-state index contributed by atoms with van der Waals surface area (Å²) >= 11 is 0. The summed E-state index contributed by atoms with van der Waals surface area (Å²) in [4.78, 5) is 28.9. The molecule has 2 aromatic carbocycles. The van der Waals surface area contributed by atoms with E-state index < -0.39 is 0 Å². The Hall–Kier alpha value is -3.09. The highest BCUT2D eigenvalue weighted by Crippen LogP contribution is 2.25. The van der Waals surface area contributed by atoms with Gasteiger partial charge in [0.15, 0.2) is 0 Å². The molecule has 0 saturated heterocycles. The number of hydrogen-bond donors (Lipinski definition) is 2. The van der Waals surface area contributed by atoms with Crippen LogP contribution in [0.15, 0.2) is 42.5 Å². The summed E-state index contributed by atoms with van der Waals surface area (Å²) in [7, 11) is 3.88. The van der Waals surface area contributed by atoms with Crippen molar-refractivity contribution in [1.29, 1.82) is 0 Å². The van der Waals surface area contributed by atoms with Gasteiger partial charge in [0.2, 0.25) is 5.91 Å². The number of anilines is 2. The molecule has 6 nitrogen and oxygen atoms in total. The number of halogens is 1. The van der Waals surface area contributed by atoms with E-state index in [1.807, 2.05) is 64.9 Å². The summed E-state index contributed by atoms with van der Waals surface area (Å²) in [6.45, 7) is 8.48. The van der Waals surface area contributed by atoms with Gasteiger partial charge < -0.3 is 20.4 Å². The van der Waals surface area contributed by atoms with Gasteiger partial charge in [0, 0.05) is 51.0 Å². The molecule has 7 heteroatoms. The second-order valence-corrected chi connectivity index (χ2v) is 8.97. The maximum atomic E-state index is 13.3. The largest absolute Gasteiger partial charge is 0.377 e. The van der Waals surface area contributed by atoms with E-state index >= 15 is 0 Å². The molecule has 0 saturated carbocycles. The van der Waals surface area contributed by atoms with Crippen LogP contribution in [0.4, 0.5) is 20.6 Å². The normalized spacial score (nSPS) is 10.9. The molecule has 2 aromatic rings. The SMILES string of the molecule is CC(C)CC(=O)Nc1ccc(N(C)C)c(CN(Cc2ccc(F)cc2)C(=O)NC(C)C)c1. The Balaban J connectivity index is 2.33. The minimum atomic E-state index is -0.313. The average Bonchev–Trinajstić information content (AvgIpc) is 2.67. The van der Waals surface area contributed by atoms with E-state index in [9.17, 15) is 14.0 Å². The number of hydrogen-bond acceptors (Lipinski definition) is 3. The van der Waals surface area contributed by atoms with Crippen molar-refractivity contribution in [1.82, 2.24) is 10.2 Å². The molecule has 2 rings (SSSR count). The highest BCUT2D eigenvalue weighted by molar-refractivity contribution is 5.91. The van der Waals surface area contributed by atoms with Crippen molar-refractivity contribution in [3.8, 4) is 0 Å². The first-order valence-electron chi connectivity index (χ1n) is 10.9. The summed E-state index contributed by atoms with van der Waals surface area (Å²) in [6, 6.07) is 11.6. The van der Waals surface area contributed by atoms with E-state index in [0.29, 0.717) is 25.2 Å². The van der Waals surface area contributed by atoms with Gasteiger partial charge in [-0.2, -0.15) is 0 Å². The first-order chi connectivity index (χ1) is 15.0. The van der Waals surface area contributed by atoms with Crippen LogP contribution in [-0.4, -0.2) is 37.0 Å². The van der Waals surface area contributed by atoms with E-state index in [1.54, 1.807) is 17.0 Å². The van der Waals surface area contributed by atoms with E-state index in [-0.39, 0.29) is 29.7 Å². The summed E-state index contributed by atoms with van der Waals surface area (Å²) in [5.74, 6) is -0.0858. The standard InChI is InChI=1S/C25H35FN4O2/c1-17(2)13-24(31)28-22-11-12-23(29(5)6)20(14-22)16-30(25(32)27-18(3)4)15-19-7-9-21(26)10-8-19/h7-12,14,17-18H,13,15-16H2,1-6H3,(H,27,32)(H,28,31). The molecular formula is C25H35FN4O2. The molecule has 0 aromatic heterocycles. The third kappa shape index (κ3) is 7.87. The zero-order valence-corrected chi connectivity index (χ0v) is 19.9. The molecule has 0 unspecified atom stereocenters. The predicted octanol–water partition coefficient (Wildman–Crippen LogP) is 5.00. The Morgan fingerprint density at radius 1 is 0.969 bits per heavy atom. The summed E-state index contributed by atoms with van der Waals surface area (Å²) < 4.78 is 13.3. The minimum absolute atomic E-state index is 0.0202. The zero-order valence-electron chi connectivity index (χ0n) is 19.9. The Labute approximate surface area is 190 Å². The fourth-order valence-electron chi connectivity index (χ4n) is 3.36. The molecule has 0 aliphatic heterocycles. The predicted molar refractivity (Wildman–Crippen MR) is 128 cm³/mol. The Kier molecular flexibility index (Phi) is 9.05. The van der Waals surface area contributed by atoms with E-state index in [0.717, 1.165) is 16.8 Å². The lowest BCUT2D eigenvalue weighted by atomic mass is 10.1. The monoisotopic (exact) mass is 442 g/mol. The molecule has 2 N–H and O–H groups in total. The van der Waals surface area contributed by atoms with Gasteiger partial charge >= 0.3 is 6.03 Å². The van der Waals surface area contributed by atoms with Gasteiger partial charge in [-0.1, -0.05) is 26.0 Å². The van der Waals surface area contributed by atoms with Crippen molar-refractivity contribution in [2.75, 3.05) is 24.3 Å². The molecular weight excluding hydrogens is 407 g/mol. The van der Waals surface area contributed by atoms with Gasteiger partial charge in [-0.25, -0.2) is 9.18 Å². The molecule has 174 valence electrons. The fourth-order valence-corrected chi connectivity index (χ4v) is 3.36. The molecule has 0 atom stereocenters. The first kappa shape index (κ1) is 25.2. The molecule has 0 heterocycles. The number of rotatable bonds is 9. The summed E-state index contributed by atoms with van der Waals surface area (Å²) in [6.07, 6.45) is 0.443. The molecule has 32 heavy (non-hydrogen) atoms. The maximum Gasteiger partial charge on any atom is 0.318 e. The number of urea groups is 1. The van der Waals surface area contributed by atoms with Crippen molar-refractivity contribution >= 4 is 23.3 Å². The Morgan fingerprint density at radius 3 is 2.19 bits per heavy atom. The summed E-state index contributed by atoms with van der Waals surface area (Å²) in [5, 5.41) is 5.89. The topological polar surface area (TPSA) is 64.7 Å². The van der Waals surface area contributed by atoms with E-state index in [4.69, 9.17) is 0 Å². The van der Waals surface area contributed by atoms with Crippen molar-refractivity contribution < 1.29 is 14.0 Å². The van der Waals surface area contributed by atoms with Crippen molar-refractivity contribution in [2.24, 2.45) is 5.92 Å². The van der Waals surface area contributed by atoms with Crippen LogP contribution < -0.4 is 15.5 Å². The molecule has 0 aliphatic rings. The van der Waals surface area contributed by atoms with Crippen LogP contribution in [0, 0.1) is 11.7 Å². The third-order valence-corrected chi connectivity index (χ3v) is 4.79. The van der Waals surface area contributed by atoms with Crippen LogP contribution >= 0.6 is 0 Å². The molecule has 0 aliphatic carbocycles. The number of benzene rings is 2. The second-order valence-electron chi connectivity index (χ2n) is 8.97. The Morgan fingerprint density at radius 2 is 1.62 bits per heavy atom. The van der Waals surface area contributed by atoms with Gasteiger partial charge in [-0.05, 0) is 61.2 Å². The summed E-state index contributed by atoms with van der Waals surface area (Å²) in [5.41, 5.74) is 3.38. The van der Waals surface area contributed by atoms with Crippen LogP contribution in [0.1, 0.15) is 45.2 Å². The van der Waals surface area contributed by atoms with Crippen LogP contribution in [0.25, 0.3) is 0 Å². The first-order valence-corrected chi connectivity index (χ1v) is 10.9. The maximum absolute atomic E-state index is 13.3. The number of nitrogens with zero attached hydrogens (tertiary/aromatic N) is 2.